The number of nitrogens with zero attached hydrogens (tertiary/aromatic N) is 1. The Morgan fingerprint density at radius 2 is 1.95 bits per heavy atom. The lowest BCUT2D eigenvalue weighted by atomic mass is 9.96. The molecule has 0 spiro atoms. The molecule has 1 unspecified atom stereocenters. The van der Waals surface area contributed by atoms with Gasteiger partial charge in [0.05, 0.1) is 14.2 Å². The minimum atomic E-state index is 0.459. The van der Waals surface area contributed by atoms with E-state index in [2.05, 4.69) is 37.1 Å². The summed E-state index contributed by atoms with van der Waals surface area (Å²) in [5.74, 6) is 1.59. The fraction of sp³-hybridized carbons (Fsp3) is 0.444. The van der Waals surface area contributed by atoms with Crippen molar-refractivity contribution in [1.29, 1.82) is 0 Å². The van der Waals surface area contributed by atoms with E-state index in [9.17, 15) is 0 Å². The molecule has 1 aromatic heterocycles. The number of fused-ring (bicyclic) bond motifs is 1. The second-order valence-electron chi connectivity index (χ2n) is 5.89. The maximum absolute atomic E-state index is 5.43. The molecule has 22 heavy (non-hydrogen) atoms. The van der Waals surface area contributed by atoms with Gasteiger partial charge in [-0.3, -0.25) is 4.90 Å². The Balaban J connectivity index is 1.89. The van der Waals surface area contributed by atoms with Gasteiger partial charge in [-0.05, 0) is 56.1 Å². The zero-order chi connectivity index (χ0) is 15.7. The van der Waals surface area contributed by atoms with Crippen LogP contribution in [0.5, 0.6) is 11.5 Å². The van der Waals surface area contributed by atoms with Crippen LogP contribution < -0.4 is 9.47 Å². The lowest BCUT2D eigenvalue weighted by molar-refractivity contribution is 0.233. The van der Waals surface area contributed by atoms with Crippen LogP contribution in [0.2, 0.25) is 0 Å². The SMILES string of the molecule is COc1ccc(CC2c3sc(C)cc3CCN2C)cc1OC. The van der Waals surface area contributed by atoms with Crippen molar-refractivity contribution in [3.05, 3.63) is 45.1 Å². The Bertz CT molecular complexity index is 665. The maximum atomic E-state index is 5.43. The van der Waals surface area contributed by atoms with Crippen molar-refractivity contribution >= 4 is 11.3 Å². The summed E-state index contributed by atoms with van der Waals surface area (Å²) < 4.78 is 10.8. The Morgan fingerprint density at radius 1 is 1.18 bits per heavy atom. The van der Waals surface area contributed by atoms with E-state index in [1.165, 1.54) is 27.3 Å². The van der Waals surface area contributed by atoms with Crippen LogP contribution in [0.25, 0.3) is 0 Å². The first kappa shape index (κ1) is 15.4. The first-order valence-electron chi connectivity index (χ1n) is 7.62. The number of aryl methyl sites for hydroxylation is 1. The maximum Gasteiger partial charge on any atom is 0.160 e. The molecular weight excluding hydrogens is 294 g/mol. The monoisotopic (exact) mass is 317 g/mol. The van der Waals surface area contributed by atoms with E-state index < -0.39 is 0 Å². The first-order chi connectivity index (χ1) is 10.6. The summed E-state index contributed by atoms with van der Waals surface area (Å²) in [7, 11) is 5.59. The molecule has 1 aromatic carbocycles. The molecule has 118 valence electrons. The van der Waals surface area contributed by atoms with E-state index in [0.29, 0.717) is 6.04 Å². The Kier molecular flexibility index (Phi) is 4.41. The lowest BCUT2D eigenvalue weighted by Gasteiger charge is -2.32. The van der Waals surface area contributed by atoms with Gasteiger partial charge in [0.15, 0.2) is 11.5 Å². The molecular formula is C18H23NO2S. The topological polar surface area (TPSA) is 21.7 Å². The quantitative estimate of drug-likeness (QED) is 0.855. The number of ether oxygens (including phenoxy) is 2. The standard InChI is InChI=1S/C18H23NO2S/c1-12-9-14-7-8-19(2)15(18(14)22-12)10-13-5-6-16(20-3)17(11-13)21-4/h5-6,9,11,15H,7-8,10H2,1-4H3. The highest BCUT2D eigenvalue weighted by atomic mass is 32.1. The number of benzene rings is 1. The summed E-state index contributed by atoms with van der Waals surface area (Å²) in [6.07, 6.45) is 2.17. The van der Waals surface area contributed by atoms with Crippen LogP contribution in [0, 0.1) is 6.92 Å². The fourth-order valence-electron chi connectivity index (χ4n) is 3.19. The van der Waals surface area contributed by atoms with Gasteiger partial charge in [-0.2, -0.15) is 0 Å². The third-order valence-electron chi connectivity index (χ3n) is 4.41. The number of methoxy groups -OCH3 is 2. The van der Waals surface area contributed by atoms with Crippen LogP contribution >= 0.6 is 11.3 Å². The molecule has 0 aliphatic carbocycles. The van der Waals surface area contributed by atoms with E-state index in [1.54, 1.807) is 14.2 Å². The van der Waals surface area contributed by atoms with Gasteiger partial charge in [0.1, 0.15) is 0 Å². The van der Waals surface area contributed by atoms with Gasteiger partial charge in [-0.25, -0.2) is 0 Å². The summed E-state index contributed by atoms with van der Waals surface area (Å²) in [6, 6.07) is 9.05. The lowest BCUT2D eigenvalue weighted by Crippen LogP contribution is -2.32. The average Bonchev–Trinajstić information content (AvgIpc) is 2.90. The van der Waals surface area contributed by atoms with Crippen molar-refractivity contribution < 1.29 is 9.47 Å². The number of hydrogen-bond donors (Lipinski definition) is 0. The average molecular weight is 317 g/mol. The summed E-state index contributed by atoms with van der Waals surface area (Å²) in [6.45, 7) is 3.33. The van der Waals surface area contributed by atoms with Gasteiger partial charge in [0.25, 0.3) is 0 Å². The van der Waals surface area contributed by atoms with Crippen molar-refractivity contribution in [2.45, 2.75) is 25.8 Å². The van der Waals surface area contributed by atoms with Gasteiger partial charge in [-0.1, -0.05) is 6.07 Å². The van der Waals surface area contributed by atoms with E-state index in [1.807, 2.05) is 17.4 Å². The molecule has 0 saturated heterocycles. The third-order valence-corrected chi connectivity index (χ3v) is 5.60. The largest absolute Gasteiger partial charge is 0.493 e. The number of thiophene rings is 1. The Morgan fingerprint density at radius 3 is 2.68 bits per heavy atom. The van der Waals surface area contributed by atoms with Crippen molar-refractivity contribution in [3.63, 3.8) is 0 Å². The Labute approximate surface area is 136 Å². The molecule has 0 N–H and O–H groups in total. The molecule has 0 amide bonds. The highest BCUT2D eigenvalue weighted by Crippen LogP contribution is 2.38. The number of hydrogen-bond acceptors (Lipinski definition) is 4. The van der Waals surface area contributed by atoms with E-state index in [0.717, 1.165) is 24.5 Å². The molecule has 1 aliphatic heterocycles. The molecule has 0 bridgehead atoms. The zero-order valence-corrected chi connectivity index (χ0v) is 14.5. The van der Waals surface area contributed by atoms with Gasteiger partial charge in [-0.15, -0.1) is 11.3 Å². The zero-order valence-electron chi connectivity index (χ0n) is 13.7. The smallest absolute Gasteiger partial charge is 0.160 e. The molecule has 0 saturated carbocycles. The minimum Gasteiger partial charge on any atom is -0.493 e. The van der Waals surface area contributed by atoms with Crippen molar-refractivity contribution in [2.24, 2.45) is 0 Å². The molecule has 4 heteroatoms. The van der Waals surface area contributed by atoms with Crippen LogP contribution in [0.4, 0.5) is 0 Å². The van der Waals surface area contributed by atoms with E-state index >= 15 is 0 Å². The molecule has 1 atom stereocenters. The first-order valence-corrected chi connectivity index (χ1v) is 8.44. The molecule has 0 fully saturated rings. The highest BCUT2D eigenvalue weighted by molar-refractivity contribution is 7.12. The summed E-state index contributed by atoms with van der Waals surface area (Å²) in [5.41, 5.74) is 2.82. The van der Waals surface area contributed by atoms with Crippen molar-refractivity contribution in [3.8, 4) is 11.5 Å². The van der Waals surface area contributed by atoms with Crippen LogP contribution in [0.3, 0.4) is 0 Å². The molecule has 1 aliphatic rings. The van der Waals surface area contributed by atoms with Crippen LogP contribution in [0.1, 0.15) is 26.9 Å². The van der Waals surface area contributed by atoms with Gasteiger partial charge in [0.2, 0.25) is 0 Å². The van der Waals surface area contributed by atoms with Crippen molar-refractivity contribution in [2.75, 3.05) is 27.8 Å². The number of likely N-dealkylation sites (N-methyl/N-ethyl adjacent to an activating group) is 1. The second-order valence-corrected chi connectivity index (χ2v) is 7.17. The minimum absolute atomic E-state index is 0.459. The molecule has 2 aromatic rings. The highest BCUT2D eigenvalue weighted by Gasteiger charge is 2.27. The Hall–Kier alpha value is -1.52. The normalized spacial score (nSPS) is 18.1. The van der Waals surface area contributed by atoms with E-state index in [4.69, 9.17) is 9.47 Å². The van der Waals surface area contributed by atoms with Crippen LogP contribution in [0.15, 0.2) is 24.3 Å². The van der Waals surface area contributed by atoms with Crippen molar-refractivity contribution in [1.82, 2.24) is 4.90 Å². The molecule has 2 heterocycles. The van der Waals surface area contributed by atoms with Gasteiger partial charge < -0.3 is 9.47 Å². The second kappa shape index (κ2) is 6.31. The molecule has 0 radical (unpaired) electrons. The summed E-state index contributed by atoms with van der Waals surface area (Å²) in [4.78, 5) is 5.41. The number of rotatable bonds is 4. The molecule has 3 rings (SSSR count). The van der Waals surface area contributed by atoms with Crippen LogP contribution in [-0.4, -0.2) is 32.7 Å². The van der Waals surface area contributed by atoms with E-state index in [-0.39, 0.29) is 0 Å². The summed E-state index contributed by atoms with van der Waals surface area (Å²) >= 11 is 1.94. The predicted octanol–water partition coefficient (Wildman–Crippen LogP) is 3.85. The van der Waals surface area contributed by atoms with Gasteiger partial charge in [0, 0.05) is 22.3 Å². The predicted molar refractivity (Wildman–Crippen MR) is 91.4 cm³/mol. The van der Waals surface area contributed by atoms with Gasteiger partial charge >= 0.3 is 0 Å². The summed E-state index contributed by atoms with van der Waals surface area (Å²) in [5, 5.41) is 0. The third kappa shape index (κ3) is 2.85. The molecule has 3 nitrogen and oxygen atoms in total. The fourth-order valence-corrected chi connectivity index (χ4v) is 4.43. The van der Waals surface area contributed by atoms with Crippen LogP contribution in [-0.2, 0) is 12.8 Å².